The van der Waals surface area contributed by atoms with Gasteiger partial charge in [-0.15, -0.1) is 0 Å². The Labute approximate surface area is 125 Å². The number of hydrogen-bond donors (Lipinski definition) is 0. The van der Waals surface area contributed by atoms with Gasteiger partial charge in [0.2, 0.25) is 0 Å². The van der Waals surface area contributed by atoms with E-state index in [-0.39, 0.29) is 11.5 Å². The Balaban J connectivity index is 1.78. The first-order chi connectivity index (χ1) is 10.2. The highest BCUT2D eigenvalue weighted by Crippen LogP contribution is 2.10. The van der Waals surface area contributed by atoms with Crippen molar-refractivity contribution in [2.45, 2.75) is 19.3 Å². The van der Waals surface area contributed by atoms with Gasteiger partial charge in [0.15, 0.2) is 0 Å². The highest BCUT2D eigenvalue weighted by atomic mass is 19.1. The molecule has 0 heterocycles. The van der Waals surface area contributed by atoms with Crippen molar-refractivity contribution in [2.75, 3.05) is 13.6 Å². The predicted octanol–water partition coefficient (Wildman–Crippen LogP) is 3.92. The van der Waals surface area contributed by atoms with Crippen molar-refractivity contribution in [3.05, 3.63) is 71.5 Å². The van der Waals surface area contributed by atoms with E-state index in [1.165, 1.54) is 17.7 Å². The second-order valence-corrected chi connectivity index (χ2v) is 5.15. The molecule has 0 N–H and O–H groups in total. The molecule has 0 aromatic heterocycles. The van der Waals surface area contributed by atoms with E-state index in [4.69, 9.17) is 0 Å². The van der Waals surface area contributed by atoms with Crippen LogP contribution in [0, 0.1) is 5.82 Å². The number of aryl methyl sites for hydroxylation is 1. The quantitative estimate of drug-likeness (QED) is 0.737. The second kappa shape index (κ2) is 7.58. The molecule has 21 heavy (non-hydrogen) atoms. The summed E-state index contributed by atoms with van der Waals surface area (Å²) in [6.45, 7) is 0.639. The van der Waals surface area contributed by atoms with E-state index in [2.05, 4.69) is 12.1 Å². The van der Waals surface area contributed by atoms with Gasteiger partial charge in [-0.2, -0.15) is 0 Å². The fourth-order valence-electron chi connectivity index (χ4n) is 2.26. The summed E-state index contributed by atoms with van der Waals surface area (Å²) in [4.78, 5) is 13.7. The molecule has 1 amide bonds. The SMILES string of the molecule is CN(CCCCc1ccccc1)C(=O)c1ccccc1F. The molecule has 3 heteroatoms. The first-order valence-corrected chi connectivity index (χ1v) is 7.22. The van der Waals surface area contributed by atoms with E-state index in [1.54, 1.807) is 24.1 Å². The summed E-state index contributed by atoms with van der Waals surface area (Å²) >= 11 is 0. The smallest absolute Gasteiger partial charge is 0.256 e. The number of carbonyl (C=O) groups excluding carboxylic acids is 1. The molecule has 0 bridgehead atoms. The lowest BCUT2D eigenvalue weighted by atomic mass is 10.1. The standard InChI is InChI=1S/C18H20FNO/c1-20(18(21)16-12-5-6-13-17(16)19)14-8-7-11-15-9-3-2-4-10-15/h2-6,9-10,12-13H,7-8,11,14H2,1H3. The van der Waals surface area contributed by atoms with Crippen LogP contribution in [0.15, 0.2) is 54.6 Å². The summed E-state index contributed by atoms with van der Waals surface area (Å²) in [5.74, 6) is -0.716. The molecule has 0 atom stereocenters. The Morgan fingerprint density at radius 2 is 1.67 bits per heavy atom. The molecule has 0 saturated carbocycles. The van der Waals surface area contributed by atoms with E-state index in [1.807, 2.05) is 18.2 Å². The van der Waals surface area contributed by atoms with Crippen molar-refractivity contribution in [2.24, 2.45) is 0 Å². The summed E-state index contributed by atoms with van der Waals surface area (Å²) in [7, 11) is 1.72. The average Bonchev–Trinajstić information content (AvgIpc) is 2.52. The molecule has 110 valence electrons. The Hall–Kier alpha value is -2.16. The van der Waals surface area contributed by atoms with Crippen LogP contribution in [0.25, 0.3) is 0 Å². The maximum Gasteiger partial charge on any atom is 0.256 e. The van der Waals surface area contributed by atoms with Gasteiger partial charge in [-0.3, -0.25) is 4.79 Å². The zero-order valence-corrected chi connectivity index (χ0v) is 12.3. The van der Waals surface area contributed by atoms with Crippen molar-refractivity contribution < 1.29 is 9.18 Å². The first kappa shape index (κ1) is 15.2. The molecular formula is C18H20FNO. The lowest BCUT2D eigenvalue weighted by Gasteiger charge is -2.17. The Morgan fingerprint density at radius 3 is 2.38 bits per heavy atom. The topological polar surface area (TPSA) is 20.3 Å². The van der Waals surface area contributed by atoms with Gasteiger partial charge in [0.25, 0.3) is 5.91 Å². The average molecular weight is 285 g/mol. The number of benzene rings is 2. The number of halogens is 1. The summed E-state index contributed by atoms with van der Waals surface area (Å²) < 4.78 is 13.6. The van der Waals surface area contributed by atoms with Gasteiger partial charge in [0.1, 0.15) is 5.82 Å². The van der Waals surface area contributed by atoms with Crippen LogP contribution >= 0.6 is 0 Å². The van der Waals surface area contributed by atoms with Gasteiger partial charge >= 0.3 is 0 Å². The molecule has 0 aliphatic heterocycles. The van der Waals surface area contributed by atoms with Crippen LogP contribution in [0.3, 0.4) is 0 Å². The van der Waals surface area contributed by atoms with E-state index in [0.717, 1.165) is 19.3 Å². The van der Waals surface area contributed by atoms with E-state index in [9.17, 15) is 9.18 Å². The molecule has 0 fully saturated rings. The third kappa shape index (κ3) is 4.42. The largest absolute Gasteiger partial charge is 0.342 e. The fraction of sp³-hybridized carbons (Fsp3) is 0.278. The highest BCUT2D eigenvalue weighted by molar-refractivity contribution is 5.94. The molecule has 2 nitrogen and oxygen atoms in total. The third-order valence-electron chi connectivity index (χ3n) is 3.50. The Kier molecular flexibility index (Phi) is 5.50. The van der Waals surface area contributed by atoms with E-state index >= 15 is 0 Å². The van der Waals surface area contributed by atoms with Crippen LogP contribution in [-0.4, -0.2) is 24.4 Å². The van der Waals surface area contributed by atoms with Crippen molar-refractivity contribution in [3.63, 3.8) is 0 Å². The number of rotatable bonds is 6. The van der Waals surface area contributed by atoms with E-state index in [0.29, 0.717) is 6.54 Å². The van der Waals surface area contributed by atoms with Gasteiger partial charge in [0.05, 0.1) is 5.56 Å². The first-order valence-electron chi connectivity index (χ1n) is 7.22. The zero-order valence-electron chi connectivity index (χ0n) is 12.3. The minimum absolute atomic E-state index is 0.142. The van der Waals surface area contributed by atoms with Crippen LogP contribution in [0.1, 0.15) is 28.8 Å². The molecule has 0 saturated heterocycles. The van der Waals surface area contributed by atoms with E-state index < -0.39 is 5.82 Å². The van der Waals surface area contributed by atoms with Gasteiger partial charge < -0.3 is 4.90 Å². The summed E-state index contributed by atoms with van der Waals surface area (Å²) in [5, 5.41) is 0. The maximum absolute atomic E-state index is 13.6. The molecule has 0 spiro atoms. The van der Waals surface area contributed by atoms with Crippen LogP contribution in [0.5, 0.6) is 0 Å². The summed E-state index contributed by atoms with van der Waals surface area (Å²) in [5.41, 5.74) is 1.45. The Bertz CT molecular complexity index is 583. The minimum atomic E-state index is -0.460. The van der Waals surface area contributed by atoms with Crippen molar-refractivity contribution in [1.82, 2.24) is 4.90 Å². The number of unbranched alkanes of at least 4 members (excludes halogenated alkanes) is 1. The molecule has 2 aromatic rings. The zero-order chi connectivity index (χ0) is 15.1. The number of carbonyl (C=O) groups is 1. The summed E-state index contributed by atoms with van der Waals surface area (Å²) in [6, 6.07) is 16.4. The minimum Gasteiger partial charge on any atom is -0.342 e. The predicted molar refractivity (Wildman–Crippen MR) is 82.7 cm³/mol. The molecule has 0 radical (unpaired) electrons. The van der Waals surface area contributed by atoms with Crippen LogP contribution in [-0.2, 0) is 6.42 Å². The number of hydrogen-bond acceptors (Lipinski definition) is 1. The van der Waals surface area contributed by atoms with Crippen molar-refractivity contribution in [3.8, 4) is 0 Å². The van der Waals surface area contributed by atoms with Gasteiger partial charge in [-0.25, -0.2) is 4.39 Å². The fourth-order valence-corrected chi connectivity index (χ4v) is 2.26. The Morgan fingerprint density at radius 1 is 1.00 bits per heavy atom. The maximum atomic E-state index is 13.6. The molecule has 0 aliphatic carbocycles. The molecule has 2 aromatic carbocycles. The van der Waals surface area contributed by atoms with Crippen molar-refractivity contribution >= 4 is 5.91 Å². The summed E-state index contributed by atoms with van der Waals surface area (Å²) in [6.07, 6.45) is 2.92. The lowest BCUT2D eigenvalue weighted by molar-refractivity contribution is 0.0788. The van der Waals surface area contributed by atoms with Crippen LogP contribution < -0.4 is 0 Å². The van der Waals surface area contributed by atoms with Crippen molar-refractivity contribution in [1.29, 1.82) is 0 Å². The number of amides is 1. The monoisotopic (exact) mass is 285 g/mol. The lowest BCUT2D eigenvalue weighted by Crippen LogP contribution is -2.28. The molecule has 0 aliphatic rings. The second-order valence-electron chi connectivity index (χ2n) is 5.15. The number of nitrogens with zero attached hydrogens (tertiary/aromatic N) is 1. The third-order valence-corrected chi connectivity index (χ3v) is 3.50. The highest BCUT2D eigenvalue weighted by Gasteiger charge is 2.14. The molecular weight excluding hydrogens is 265 g/mol. The molecule has 0 unspecified atom stereocenters. The molecule has 2 rings (SSSR count). The normalized spacial score (nSPS) is 10.4. The van der Waals surface area contributed by atoms with Gasteiger partial charge in [0, 0.05) is 13.6 Å². The van der Waals surface area contributed by atoms with Crippen LogP contribution in [0.4, 0.5) is 4.39 Å². The van der Waals surface area contributed by atoms with Crippen LogP contribution in [0.2, 0.25) is 0 Å². The van der Waals surface area contributed by atoms with Gasteiger partial charge in [-0.1, -0.05) is 42.5 Å². The van der Waals surface area contributed by atoms with Gasteiger partial charge in [-0.05, 0) is 37.0 Å².